The number of hydrogen-bond acceptors (Lipinski definition) is 4. The zero-order chi connectivity index (χ0) is 29.7. The van der Waals surface area contributed by atoms with Crippen molar-refractivity contribution in [2.75, 3.05) is 27.2 Å². The predicted octanol–water partition coefficient (Wildman–Crippen LogP) is 5.86. The zero-order valence-corrected chi connectivity index (χ0v) is 26.8. The number of fused-ring (bicyclic) bond motifs is 1. The van der Waals surface area contributed by atoms with Crippen LogP contribution in [0.2, 0.25) is 0 Å². The van der Waals surface area contributed by atoms with E-state index in [9.17, 15) is 14.7 Å². The number of aliphatic hydroxyl groups excluding tert-OH is 1. The fraction of sp³-hybridized carbons (Fsp3) is 0.429. The Morgan fingerprint density at radius 3 is 2.38 bits per heavy atom. The van der Waals surface area contributed by atoms with Crippen molar-refractivity contribution in [1.29, 1.82) is 0 Å². The summed E-state index contributed by atoms with van der Waals surface area (Å²) in [5.41, 5.74) is 3.19. The molecule has 0 unspecified atom stereocenters. The molecule has 1 aliphatic heterocycles. The first kappa shape index (κ1) is 30.7. The molecule has 7 heteroatoms. The highest BCUT2D eigenvalue weighted by Gasteiger charge is 2.57. The normalized spacial score (nSPS) is 20.9. The summed E-state index contributed by atoms with van der Waals surface area (Å²) in [6, 6.07) is 23.4. The molecule has 5 rings (SSSR count). The van der Waals surface area contributed by atoms with E-state index < -0.39 is 11.5 Å². The van der Waals surface area contributed by atoms with Crippen LogP contribution in [0.3, 0.4) is 0 Å². The van der Waals surface area contributed by atoms with Crippen LogP contribution in [0.15, 0.2) is 72.8 Å². The lowest BCUT2D eigenvalue weighted by Gasteiger charge is -2.53. The number of rotatable bonds is 10. The molecule has 2 atom stereocenters. The number of nitrogens with one attached hydrogen (secondary N) is 1. The van der Waals surface area contributed by atoms with Gasteiger partial charge in [0.25, 0.3) is 5.91 Å². The minimum atomic E-state index is -1.05. The Morgan fingerprint density at radius 1 is 1.00 bits per heavy atom. The van der Waals surface area contributed by atoms with Gasteiger partial charge in [-0.15, -0.1) is 0 Å². The number of hydrogen-bond donors (Lipinski definition) is 2. The molecule has 1 saturated carbocycles. The van der Waals surface area contributed by atoms with Crippen LogP contribution >= 0.6 is 22.6 Å². The van der Waals surface area contributed by atoms with E-state index in [1.54, 1.807) is 0 Å². The summed E-state index contributed by atoms with van der Waals surface area (Å²) in [5, 5.41) is 13.2. The van der Waals surface area contributed by atoms with Crippen molar-refractivity contribution in [1.82, 2.24) is 15.1 Å². The van der Waals surface area contributed by atoms with Crippen LogP contribution in [0.25, 0.3) is 0 Å². The summed E-state index contributed by atoms with van der Waals surface area (Å²) in [4.78, 5) is 33.7. The molecule has 2 N–H and O–H groups in total. The van der Waals surface area contributed by atoms with Gasteiger partial charge in [0.2, 0.25) is 5.91 Å². The number of amides is 2. The van der Waals surface area contributed by atoms with Crippen LogP contribution in [-0.2, 0) is 23.2 Å². The molecule has 1 fully saturated rings. The number of halogens is 1. The van der Waals surface area contributed by atoms with Gasteiger partial charge >= 0.3 is 0 Å². The van der Waals surface area contributed by atoms with Gasteiger partial charge in [0, 0.05) is 21.7 Å². The average molecular weight is 680 g/mol. The molecular formula is C35H42IN3O3. The Balaban J connectivity index is 1.75. The Labute approximate surface area is 263 Å². The first-order valence-electron chi connectivity index (χ1n) is 15.1. The second-order valence-corrected chi connectivity index (χ2v) is 13.2. The lowest BCUT2D eigenvalue weighted by molar-refractivity contribution is -0.130. The third-order valence-corrected chi connectivity index (χ3v) is 10.0. The SMILES string of the molecule is CN(C)CCCNC(=O)[C@@]1(Cc2ccccc2I)c2ccccc2C(=O)N(C2CCCCC2)[C@H]1c1ccc(CO)cc1. The molecule has 0 saturated heterocycles. The first-order valence-corrected chi connectivity index (χ1v) is 16.2. The minimum Gasteiger partial charge on any atom is -0.392 e. The molecule has 222 valence electrons. The Kier molecular flexibility index (Phi) is 10.0. The van der Waals surface area contributed by atoms with E-state index in [4.69, 9.17) is 0 Å². The van der Waals surface area contributed by atoms with E-state index in [1.165, 1.54) is 6.42 Å². The zero-order valence-electron chi connectivity index (χ0n) is 24.7. The van der Waals surface area contributed by atoms with Crippen molar-refractivity contribution < 1.29 is 14.7 Å². The summed E-state index contributed by atoms with van der Waals surface area (Å²) < 4.78 is 1.10. The topological polar surface area (TPSA) is 72.9 Å². The molecule has 0 bridgehead atoms. The molecular weight excluding hydrogens is 637 g/mol. The third-order valence-electron chi connectivity index (χ3n) is 8.96. The van der Waals surface area contributed by atoms with E-state index in [-0.39, 0.29) is 24.5 Å². The van der Waals surface area contributed by atoms with Crippen LogP contribution in [0.4, 0.5) is 0 Å². The standard InChI is InChI=1S/C35H42IN3O3/c1-38(2)22-10-21-37-34(42)35(23-27-11-6-9-16-31(27)36)30-15-8-7-14-29(30)33(41)39(28-12-4-3-5-13-28)32(35)26-19-17-25(24-40)18-20-26/h6-9,11,14-20,28,32,40H,3-5,10,12-13,21-24H2,1-2H3,(H,37,42)/t32-,35-/m0/s1. The average Bonchev–Trinajstić information content (AvgIpc) is 3.02. The molecule has 3 aromatic carbocycles. The van der Waals surface area contributed by atoms with E-state index in [0.717, 1.165) is 64.5 Å². The number of carbonyl (C=O) groups is 2. The van der Waals surface area contributed by atoms with Crippen LogP contribution < -0.4 is 5.32 Å². The van der Waals surface area contributed by atoms with Gasteiger partial charge in [0.1, 0.15) is 5.41 Å². The summed E-state index contributed by atoms with van der Waals surface area (Å²) in [6.07, 6.45) is 6.49. The molecule has 3 aromatic rings. The van der Waals surface area contributed by atoms with E-state index in [0.29, 0.717) is 18.5 Å². The smallest absolute Gasteiger partial charge is 0.254 e. The molecule has 6 nitrogen and oxygen atoms in total. The highest BCUT2D eigenvalue weighted by atomic mass is 127. The van der Waals surface area contributed by atoms with Crippen LogP contribution in [0.5, 0.6) is 0 Å². The number of aliphatic hydroxyl groups is 1. The summed E-state index contributed by atoms with van der Waals surface area (Å²) in [5.74, 6) is -0.0366. The van der Waals surface area contributed by atoms with Gasteiger partial charge in [0.05, 0.1) is 12.6 Å². The molecule has 1 heterocycles. The fourth-order valence-electron chi connectivity index (χ4n) is 6.90. The molecule has 2 aliphatic rings. The van der Waals surface area contributed by atoms with E-state index in [1.807, 2.05) is 74.8 Å². The van der Waals surface area contributed by atoms with Crippen molar-refractivity contribution in [2.45, 2.75) is 69.1 Å². The molecule has 0 radical (unpaired) electrons. The van der Waals surface area contributed by atoms with E-state index in [2.05, 4.69) is 49.8 Å². The Hall–Kier alpha value is -2.75. The predicted molar refractivity (Wildman–Crippen MR) is 175 cm³/mol. The third kappa shape index (κ3) is 6.15. The monoisotopic (exact) mass is 679 g/mol. The maximum Gasteiger partial charge on any atom is 0.254 e. The van der Waals surface area contributed by atoms with Crippen LogP contribution in [-0.4, -0.2) is 59.9 Å². The summed E-state index contributed by atoms with van der Waals surface area (Å²) in [6.45, 7) is 1.37. The summed E-state index contributed by atoms with van der Waals surface area (Å²) >= 11 is 2.37. The highest BCUT2D eigenvalue weighted by Crippen LogP contribution is 2.51. The molecule has 2 amide bonds. The van der Waals surface area contributed by atoms with Gasteiger partial charge in [-0.2, -0.15) is 0 Å². The lowest BCUT2D eigenvalue weighted by Crippen LogP contribution is -2.62. The second kappa shape index (κ2) is 13.7. The Morgan fingerprint density at radius 2 is 1.69 bits per heavy atom. The number of benzene rings is 3. The van der Waals surface area contributed by atoms with Gasteiger partial charge in [0.15, 0.2) is 0 Å². The lowest BCUT2D eigenvalue weighted by atomic mass is 9.62. The van der Waals surface area contributed by atoms with Gasteiger partial charge in [-0.05, 0) is 103 Å². The highest BCUT2D eigenvalue weighted by molar-refractivity contribution is 14.1. The van der Waals surface area contributed by atoms with E-state index >= 15 is 0 Å². The minimum absolute atomic E-state index is 0.00697. The van der Waals surface area contributed by atoms with Gasteiger partial charge in [-0.25, -0.2) is 0 Å². The molecule has 42 heavy (non-hydrogen) atoms. The Bertz CT molecular complexity index is 1390. The van der Waals surface area contributed by atoms with Gasteiger partial charge < -0.3 is 20.2 Å². The van der Waals surface area contributed by atoms with Crippen molar-refractivity contribution >= 4 is 34.4 Å². The molecule has 0 spiro atoms. The van der Waals surface area contributed by atoms with Crippen molar-refractivity contribution in [3.63, 3.8) is 0 Å². The number of nitrogens with zero attached hydrogens (tertiary/aromatic N) is 2. The van der Waals surface area contributed by atoms with Crippen molar-refractivity contribution in [3.05, 3.63) is 104 Å². The molecule has 0 aromatic heterocycles. The second-order valence-electron chi connectivity index (χ2n) is 12.0. The molecule has 1 aliphatic carbocycles. The van der Waals surface area contributed by atoms with Crippen molar-refractivity contribution in [2.24, 2.45) is 0 Å². The fourth-order valence-corrected chi connectivity index (χ4v) is 7.48. The maximum atomic E-state index is 15.0. The van der Waals surface area contributed by atoms with Crippen LogP contribution in [0.1, 0.15) is 77.2 Å². The van der Waals surface area contributed by atoms with Crippen molar-refractivity contribution in [3.8, 4) is 0 Å². The van der Waals surface area contributed by atoms with Gasteiger partial charge in [-0.1, -0.05) is 79.9 Å². The van der Waals surface area contributed by atoms with Crippen LogP contribution in [0, 0.1) is 3.57 Å². The summed E-state index contributed by atoms with van der Waals surface area (Å²) in [7, 11) is 4.08. The largest absolute Gasteiger partial charge is 0.392 e. The van der Waals surface area contributed by atoms with Gasteiger partial charge in [-0.3, -0.25) is 9.59 Å². The first-order chi connectivity index (χ1) is 20.4. The maximum absolute atomic E-state index is 15.0. The quantitative estimate of drug-likeness (QED) is 0.208. The number of carbonyl (C=O) groups excluding carboxylic acids is 2.